The van der Waals surface area contributed by atoms with Gasteiger partial charge in [0, 0.05) is 18.0 Å². The van der Waals surface area contributed by atoms with Crippen molar-refractivity contribution in [3.63, 3.8) is 0 Å². The number of hydrogen-bond donors (Lipinski definition) is 1. The first-order chi connectivity index (χ1) is 8.22. The summed E-state index contributed by atoms with van der Waals surface area (Å²) < 4.78 is 1.73. The Morgan fingerprint density at radius 2 is 2.35 bits per heavy atom. The molecule has 0 atom stereocenters. The van der Waals surface area contributed by atoms with Gasteiger partial charge in [0.15, 0.2) is 0 Å². The maximum Gasteiger partial charge on any atom is 0.116 e. The molecule has 0 amide bonds. The number of aromatic nitrogens is 4. The van der Waals surface area contributed by atoms with Crippen LogP contribution in [-0.2, 0) is 13.2 Å². The van der Waals surface area contributed by atoms with Crippen molar-refractivity contribution < 1.29 is 5.11 Å². The molecule has 0 bridgehead atoms. The van der Waals surface area contributed by atoms with Gasteiger partial charge in [0.2, 0.25) is 0 Å². The number of allylic oxidation sites excluding steroid dienone is 1. The Balaban J connectivity index is 2.49. The molecule has 0 aliphatic heterocycles. The molecule has 0 fully saturated rings. The van der Waals surface area contributed by atoms with Gasteiger partial charge in [-0.15, -0.1) is 5.10 Å². The average Bonchev–Trinajstić information content (AvgIpc) is 2.72. The van der Waals surface area contributed by atoms with Gasteiger partial charge in [-0.25, -0.2) is 4.68 Å². The molecular weight excluding hydrogens is 216 g/mol. The van der Waals surface area contributed by atoms with Crippen LogP contribution in [0.1, 0.15) is 12.6 Å². The largest absolute Gasteiger partial charge is 0.390 e. The van der Waals surface area contributed by atoms with Crippen molar-refractivity contribution in [1.29, 1.82) is 0 Å². The predicted octanol–water partition coefficient (Wildman–Crippen LogP) is 1.41. The first kappa shape index (κ1) is 11.5. The number of aliphatic hydroxyl groups is 1. The van der Waals surface area contributed by atoms with E-state index in [0.29, 0.717) is 12.2 Å². The zero-order valence-electron chi connectivity index (χ0n) is 9.67. The van der Waals surface area contributed by atoms with Crippen molar-refractivity contribution >= 4 is 0 Å². The van der Waals surface area contributed by atoms with E-state index in [1.54, 1.807) is 17.1 Å². The van der Waals surface area contributed by atoms with Crippen LogP contribution in [0.25, 0.3) is 11.3 Å². The zero-order chi connectivity index (χ0) is 12.3. The summed E-state index contributed by atoms with van der Waals surface area (Å²) in [5.74, 6) is 0. The molecule has 5 nitrogen and oxygen atoms in total. The van der Waals surface area contributed by atoms with Gasteiger partial charge in [-0.05, 0) is 19.1 Å². The minimum Gasteiger partial charge on any atom is -0.390 e. The summed E-state index contributed by atoms with van der Waals surface area (Å²) in [6, 6.07) is 3.76. The lowest BCUT2D eigenvalue weighted by Crippen LogP contribution is -2.04. The molecule has 0 unspecified atom stereocenters. The minimum atomic E-state index is -0.138. The fraction of sp³-hybridized carbons (Fsp3) is 0.250. The second-order valence-electron chi connectivity index (χ2n) is 3.90. The fourth-order valence-electron chi connectivity index (χ4n) is 1.64. The van der Waals surface area contributed by atoms with E-state index >= 15 is 0 Å². The maximum absolute atomic E-state index is 9.27. The summed E-state index contributed by atoms with van der Waals surface area (Å²) in [5, 5.41) is 17.2. The van der Waals surface area contributed by atoms with Gasteiger partial charge < -0.3 is 5.11 Å². The second kappa shape index (κ2) is 4.88. The number of nitrogens with zero attached hydrogens (tertiary/aromatic N) is 4. The third-order valence-corrected chi connectivity index (χ3v) is 2.31. The van der Waals surface area contributed by atoms with Crippen molar-refractivity contribution in [2.45, 2.75) is 20.1 Å². The van der Waals surface area contributed by atoms with E-state index in [2.05, 4.69) is 21.9 Å². The molecule has 0 aliphatic rings. The molecule has 88 valence electrons. The molecule has 0 saturated carbocycles. The molecular formula is C12H14N4O. The third kappa shape index (κ3) is 2.39. The van der Waals surface area contributed by atoms with Crippen LogP contribution >= 0.6 is 0 Å². The highest BCUT2D eigenvalue weighted by Gasteiger charge is 2.14. The number of aliphatic hydroxyl groups excluding tert-OH is 1. The van der Waals surface area contributed by atoms with Crippen LogP contribution in [0.3, 0.4) is 0 Å². The first-order valence-electron chi connectivity index (χ1n) is 5.30. The molecule has 17 heavy (non-hydrogen) atoms. The highest BCUT2D eigenvalue weighted by molar-refractivity contribution is 5.60. The summed E-state index contributed by atoms with van der Waals surface area (Å²) >= 11 is 0. The van der Waals surface area contributed by atoms with E-state index in [-0.39, 0.29) is 6.61 Å². The Morgan fingerprint density at radius 3 is 2.94 bits per heavy atom. The fourth-order valence-corrected chi connectivity index (χ4v) is 1.64. The SMILES string of the molecule is C=C(C)Cn1nnc(CO)c1-c1cccnc1. The topological polar surface area (TPSA) is 63.8 Å². The van der Waals surface area contributed by atoms with E-state index in [4.69, 9.17) is 0 Å². The molecule has 2 heterocycles. The Kier molecular flexibility index (Phi) is 3.30. The summed E-state index contributed by atoms with van der Waals surface area (Å²) in [7, 11) is 0. The average molecular weight is 230 g/mol. The lowest BCUT2D eigenvalue weighted by atomic mass is 10.1. The summed E-state index contributed by atoms with van der Waals surface area (Å²) in [6.45, 7) is 6.22. The quantitative estimate of drug-likeness (QED) is 0.806. The number of rotatable bonds is 4. The first-order valence-corrected chi connectivity index (χ1v) is 5.30. The van der Waals surface area contributed by atoms with Crippen LogP contribution in [0.4, 0.5) is 0 Å². The summed E-state index contributed by atoms with van der Waals surface area (Å²) in [4.78, 5) is 4.06. The van der Waals surface area contributed by atoms with Gasteiger partial charge in [-0.1, -0.05) is 17.4 Å². The van der Waals surface area contributed by atoms with E-state index in [0.717, 1.165) is 16.8 Å². The van der Waals surface area contributed by atoms with Crippen LogP contribution in [0, 0.1) is 0 Å². The monoisotopic (exact) mass is 230 g/mol. The van der Waals surface area contributed by atoms with Crippen molar-refractivity contribution in [1.82, 2.24) is 20.0 Å². The molecule has 5 heteroatoms. The van der Waals surface area contributed by atoms with Gasteiger partial charge in [-0.2, -0.15) is 0 Å². The smallest absolute Gasteiger partial charge is 0.116 e. The van der Waals surface area contributed by atoms with Crippen LogP contribution in [0.5, 0.6) is 0 Å². The minimum absolute atomic E-state index is 0.138. The standard InChI is InChI=1S/C12H14N4O/c1-9(2)7-16-12(11(8-17)14-15-16)10-4-3-5-13-6-10/h3-6,17H,1,7-8H2,2H3. The number of hydrogen-bond acceptors (Lipinski definition) is 4. The lowest BCUT2D eigenvalue weighted by molar-refractivity contribution is 0.277. The van der Waals surface area contributed by atoms with Gasteiger partial charge in [0.25, 0.3) is 0 Å². The summed E-state index contributed by atoms with van der Waals surface area (Å²) in [6.07, 6.45) is 3.43. The highest BCUT2D eigenvalue weighted by atomic mass is 16.3. The van der Waals surface area contributed by atoms with Crippen molar-refractivity contribution in [2.75, 3.05) is 0 Å². The molecule has 2 aromatic heterocycles. The van der Waals surface area contributed by atoms with Crippen LogP contribution in [0.2, 0.25) is 0 Å². The molecule has 0 radical (unpaired) electrons. The lowest BCUT2D eigenvalue weighted by Gasteiger charge is -2.06. The Bertz CT molecular complexity index is 519. The Morgan fingerprint density at radius 1 is 1.53 bits per heavy atom. The van der Waals surface area contributed by atoms with Gasteiger partial charge in [0.05, 0.1) is 18.8 Å². The van der Waals surface area contributed by atoms with E-state index < -0.39 is 0 Å². The summed E-state index contributed by atoms with van der Waals surface area (Å²) in [5.41, 5.74) is 3.22. The van der Waals surface area contributed by atoms with Crippen LogP contribution < -0.4 is 0 Å². The molecule has 0 spiro atoms. The van der Waals surface area contributed by atoms with E-state index in [9.17, 15) is 5.11 Å². The molecule has 2 rings (SSSR count). The van der Waals surface area contributed by atoms with Crippen LogP contribution in [-0.4, -0.2) is 25.1 Å². The van der Waals surface area contributed by atoms with E-state index in [1.165, 1.54) is 0 Å². The normalized spacial score (nSPS) is 10.5. The third-order valence-electron chi connectivity index (χ3n) is 2.31. The number of pyridine rings is 1. The van der Waals surface area contributed by atoms with Crippen molar-refractivity contribution in [3.05, 3.63) is 42.4 Å². The molecule has 0 saturated heterocycles. The van der Waals surface area contributed by atoms with Crippen molar-refractivity contribution in [2.24, 2.45) is 0 Å². The molecule has 0 aromatic carbocycles. The highest BCUT2D eigenvalue weighted by Crippen LogP contribution is 2.21. The molecule has 0 aliphatic carbocycles. The molecule has 2 aromatic rings. The zero-order valence-corrected chi connectivity index (χ0v) is 9.67. The maximum atomic E-state index is 9.27. The van der Waals surface area contributed by atoms with Gasteiger partial charge >= 0.3 is 0 Å². The second-order valence-corrected chi connectivity index (χ2v) is 3.90. The Labute approximate surface area is 99.4 Å². The van der Waals surface area contributed by atoms with Crippen molar-refractivity contribution in [3.8, 4) is 11.3 Å². The Hall–Kier alpha value is -2.01. The van der Waals surface area contributed by atoms with E-state index in [1.807, 2.05) is 19.1 Å². The van der Waals surface area contributed by atoms with Crippen LogP contribution in [0.15, 0.2) is 36.7 Å². The molecule has 1 N–H and O–H groups in total. The van der Waals surface area contributed by atoms with Gasteiger partial charge in [0.1, 0.15) is 5.69 Å². The predicted molar refractivity (Wildman–Crippen MR) is 64.0 cm³/mol. The van der Waals surface area contributed by atoms with Gasteiger partial charge in [-0.3, -0.25) is 4.98 Å².